The number of nitrogens with two attached hydrogens (primary N) is 1. The molecule has 1 fully saturated rings. The van der Waals surface area contributed by atoms with Gasteiger partial charge in [-0.3, -0.25) is 4.99 Å². The highest BCUT2D eigenvalue weighted by molar-refractivity contribution is 6.41. The van der Waals surface area contributed by atoms with Crippen molar-refractivity contribution in [2.45, 2.75) is 63.8 Å². The summed E-state index contributed by atoms with van der Waals surface area (Å²) in [7, 11) is 0. The molecule has 8 heteroatoms. The predicted octanol–water partition coefficient (Wildman–Crippen LogP) is 5.44. The van der Waals surface area contributed by atoms with Gasteiger partial charge in [0.25, 0.3) is 0 Å². The molecule has 1 aromatic carbocycles. The fraction of sp³-hybridized carbons (Fsp3) is 0.480. The van der Waals surface area contributed by atoms with E-state index in [0.717, 1.165) is 28.7 Å². The lowest BCUT2D eigenvalue weighted by Gasteiger charge is -2.44. The summed E-state index contributed by atoms with van der Waals surface area (Å²) in [5.41, 5.74) is 9.89. The maximum atomic E-state index is 12.8. The quantitative estimate of drug-likeness (QED) is 0.637. The summed E-state index contributed by atoms with van der Waals surface area (Å²) in [5.74, 6) is 0.155. The molecule has 0 aromatic heterocycles. The number of aliphatic imine (C=N–C) groups is 2. The monoisotopic (exact) mass is 470 g/mol. The number of rotatable bonds is 3. The summed E-state index contributed by atoms with van der Waals surface area (Å²) < 4.78 is 30.4. The topological polar surface area (TPSA) is 83.8 Å². The molecular weight excluding hydrogens is 446 g/mol. The Hall–Kier alpha value is -2.56. The van der Waals surface area contributed by atoms with E-state index in [4.69, 9.17) is 32.1 Å². The Morgan fingerprint density at radius 3 is 2.67 bits per heavy atom. The van der Waals surface area contributed by atoms with E-state index in [2.05, 4.69) is 24.3 Å². The number of hydrogen-bond donors (Lipinski definition) is 1. The zero-order valence-corrected chi connectivity index (χ0v) is 19.1. The van der Waals surface area contributed by atoms with Gasteiger partial charge in [-0.05, 0) is 80.4 Å². The first-order chi connectivity index (χ1) is 15.7. The van der Waals surface area contributed by atoms with Crippen LogP contribution in [0.4, 0.5) is 8.78 Å². The van der Waals surface area contributed by atoms with Crippen molar-refractivity contribution < 1.29 is 13.5 Å². The number of halogens is 3. The number of nitrogens with zero attached hydrogens (tertiary/aromatic N) is 3. The average molecular weight is 471 g/mol. The van der Waals surface area contributed by atoms with Crippen LogP contribution in [0.15, 0.2) is 45.4 Å². The molecule has 1 heterocycles. The third-order valence-electron chi connectivity index (χ3n) is 7.57. The van der Waals surface area contributed by atoms with E-state index in [0.29, 0.717) is 48.7 Å². The van der Waals surface area contributed by atoms with Crippen LogP contribution in [0.2, 0.25) is 0 Å². The van der Waals surface area contributed by atoms with E-state index in [1.54, 1.807) is 6.08 Å². The van der Waals surface area contributed by atoms with Gasteiger partial charge in [-0.15, -0.1) is 0 Å². The van der Waals surface area contributed by atoms with E-state index >= 15 is 0 Å². The van der Waals surface area contributed by atoms with E-state index < -0.39 is 18.4 Å². The van der Waals surface area contributed by atoms with Gasteiger partial charge in [-0.2, -0.15) is 14.0 Å². The van der Waals surface area contributed by atoms with Crippen LogP contribution in [0.3, 0.4) is 0 Å². The van der Waals surface area contributed by atoms with Crippen molar-refractivity contribution in [1.82, 2.24) is 0 Å². The second-order valence-corrected chi connectivity index (χ2v) is 9.89. The molecule has 3 aliphatic carbocycles. The molecule has 0 radical (unpaired) electrons. The summed E-state index contributed by atoms with van der Waals surface area (Å²) in [6, 6.07) is 8.56. The highest BCUT2D eigenvalue weighted by Crippen LogP contribution is 2.62. The lowest BCUT2D eigenvalue weighted by atomic mass is 9.65. The molecule has 33 heavy (non-hydrogen) atoms. The first-order valence-electron chi connectivity index (χ1n) is 11.2. The van der Waals surface area contributed by atoms with Crippen molar-refractivity contribution in [3.63, 3.8) is 0 Å². The number of alkyl halides is 2. The number of hydrogen-bond acceptors (Lipinski definition) is 5. The normalized spacial score (nSPS) is 33.0. The molecule has 2 N–H and O–H groups in total. The molecule has 0 bridgehead atoms. The molecule has 0 saturated heterocycles. The number of nitriles is 1. The standard InChI is InChI=1S/C25H25ClF2N4O/c1-14-22(30)32-25(31-14)21-11-16(18-8-15(13-29)9-19(26)10-18)2-3-17(21)12-24(25)6-4-20(5-7-24)33-23(27)28/h2-3,9-11,15,20,23H,4-8,12H2,1H3,(H2,30,32). The van der Waals surface area contributed by atoms with Crippen LogP contribution >= 0.6 is 11.6 Å². The van der Waals surface area contributed by atoms with Crippen LogP contribution < -0.4 is 5.73 Å². The Bertz CT molecular complexity index is 1140. The van der Waals surface area contributed by atoms with Gasteiger partial charge in [0.1, 0.15) is 5.84 Å². The lowest BCUT2D eigenvalue weighted by Crippen LogP contribution is -2.43. The first kappa shape index (κ1) is 22.2. The SMILES string of the molecule is CC1=NC2(N=C1N)c1cc(C3=CC(Cl)=CC(C#N)C3)ccc1CC21CCC(OC(F)F)CC1. The number of ether oxygens (including phenoxy) is 1. The molecule has 1 aromatic rings. The van der Waals surface area contributed by atoms with Crippen molar-refractivity contribution in [3.05, 3.63) is 52.1 Å². The van der Waals surface area contributed by atoms with Gasteiger partial charge in [0.15, 0.2) is 5.66 Å². The lowest BCUT2D eigenvalue weighted by molar-refractivity contribution is -0.177. The minimum atomic E-state index is -2.76. The van der Waals surface area contributed by atoms with Gasteiger partial charge in [-0.1, -0.05) is 23.7 Å². The predicted molar refractivity (Wildman–Crippen MR) is 124 cm³/mol. The largest absolute Gasteiger partial charge is 0.382 e. The van der Waals surface area contributed by atoms with Crippen molar-refractivity contribution >= 4 is 28.7 Å². The van der Waals surface area contributed by atoms with Gasteiger partial charge in [0, 0.05) is 16.0 Å². The maximum Gasteiger partial charge on any atom is 0.345 e. The third-order valence-corrected chi connectivity index (χ3v) is 7.81. The van der Waals surface area contributed by atoms with Crippen LogP contribution in [-0.4, -0.2) is 24.3 Å². The van der Waals surface area contributed by atoms with Gasteiger partial charge in [0.05, 0.1) is 23.8 Å². The highest BCUT2D eigenvalue weighted by Gasteiger charge is 2.60. The van der Waals surface area contributed by atoms with Crippen molar-refractivity contribution in [1.29, 1.82) is 5.26 Å². The van der Waals surface area contributed by atoms with Gasteiger partial charge in [-0.25, -0.2) is 4.99 Å². The fourth-order valence-electron chi connectivity index (χ4n) is 5.96. The Kier molecular flexibility index (Phi) is 5.42. The maximum absolute atomic E-state index is 12.8. The van der Waals surface area contributed by atoms with Gasteiger partial charge in [0.2, 0.25) is 0 Å². The third kappa shape index (κ3) is 3.60. The summed E-state index contributed by atoms with van der Waals surface area (Å²) in [5, 5.41) is 9.97. The minimum Gasteiger partial charge on any atom is -0.382 e. The summed E-state index contributed by atoms with van der Waals surface area (Å²) >= 11 is 6.29. The van der Waals surface area contributed by atoms with Crippen LogP contribution in [0.5, 0.6) is 0 Å². The zero-order chi connectivity index (χ0) is 23.4. The van der Waals surface area contributed by atoms with E-state index in [1.165, 1.54) is 0 Å². The molecule has 1 aliphatic heterocycles. The van der Waals surface area contributed by atoms with Crippen molar-refractivity contribution in [2.75, 3.05) is 0 Å². The fourth-order valence-corrected chi connectivity index (χ4v) is 6.25. The molecule has 5 nitrogen and oxygen atoms in total. The van der Waals surface area contributed by atoms with Gasteiger partial charge < -0.3 is 10.5 Å². The Morgan fingerprint density at radius 1 is 1.27 bits per heavy atom. The summed E-state index contributed by atoms with van der Waals surface area (Å²) in [6.45, 7) is -0.899. The molecule has 2 unspecified atom stereocenters. The molecule has 0 amide bonds. The van der Waals surface area contributed by atoms with E-state index in [-0.39, 0.29) is 11.3 Å². The molecule has 1 saturated carbocycles. The smallest absolute Gasteiger partial charge is 0.345 e. The van der Waals surface area contributed by atoms with Crippen LogP contribution in [0.1, 0.15) is 55.7 Å². The molecule has 2 atom stereocenters. The second-order valence-electron chi connectivity index (χ2n) is 9.45. The average Bonchev–Trinajstić information content (AvgIpc) is 3.22. The molecular formula is C25H25ClF2N4O. The van der Waals surface area contributed by atoms with Crippen molar-refractivity contribution in [3.8, 4) is 6.07 Å². The minimum absolute atomic E-state index is 0.267. The van der Waals surface area contributed by atoms with Gasteiger partial charge >= 0.3 is 6.61 Å². The number of fused-ring (bicyclic) bond motifs is 3. The van der Waals surface area contributed by atoms with Crippen LogP contribution in [-0.2, 0) is 16.8 Å². The zero-order valence-electron chi connectivity index (χ0n) is 18.3. The number of allylic oxidation sites excluding steroid dienone is 4. The van der Waals surface area contributed by atoms with Crippen LogP contribution in [0, 0.1) is 22.7 Å². The summed E-state index contributed by atoms with van der Waals surface area (Å²) in [4.78, 5) is 9.96. The molecule has 5 rings (SSSR count). The Balaban J connectivity index is 1.55. The molecule has 2 spiro atoms. The van der Waals surface area contributed by atoms with E-state index in [1.807, 2.05) is 13.0 Å². The number of benzene rings is 1. The Morgan fingerprint density at radius 2 is 2.03 bits per heavy atom. The Labute approximate surface area is 196 Å². The second kappa shape index (κ2) is 8.03. The van der Waals surface area contributed by atoms with E-state index in [9.17, 15) is 14.0 Å². The van der Waals surface area contributed by atoms with Crippen molar-refractivity contribution in [2.24, 2.45) is 27.1 Å². The molecule has 4 aliphatic rings. The highest BCUT2D eigenvalue weighted by atomic mass is 35.5. The summed E-state index contributed by atoms with van der Waals surface area (Å²) in [6.07, 6.45) is 6.99. The van der Waals surface area contributed by atoms with Crippen LogP contribution in [0.25, 0.3) is 5.57 Å². The first-order valence-corrected chi connectivity index (χ1v) is 11.6. The molecule has 172 valence electrons. The number of amidine groups is 1.